The highest BCUT2D eigenvalue weighted by atomic mass is 32.1. The van der Waals surface area contributed by atoms with Crippen molar-refractivity contribution < 1.29 is 9.53 Å². The molecule has 2 aliphatic rings. The molecule has 1 aromatic heterocycles. The van der Waals surface area contributed by atoms with Crippen LogP contribution in [0.3, 0.4) is 0 Å². The van der Waals surface area contributed by atoms with Crippen LogP contribution < -0.4 is 4.74 Å². The molecule has 0 spiro atoms. The number of benzene rings is 2. The molecule has 5 rings (SSSR count). The van der Waals surface area contributed by atoms with Crippen molar-refractivity contribution >= 4 is 27.5 Å². The number of rotatable bonds is 6. The molecular formula is C26H30N2O2S. The van der Waals surface area contributed by atoms with E-state index >= 15 is 0 Å². The lowest BCUT2D eigenvalue weighted by molar-refractivity contribution is -0.132. The van der Waals surface area contributed by atoms with E-state index < -0.39 is 0 Å². The number of hydrogen-bond acceptors (Lipinski definition) is 4. The summed E-state index contributed by atoms with van der Waals surface area (Å²) in [4.78, 5) is 19.7. The van der Waals surface area contributed by atoms with E-state index in [0.717, 1.165) is 56.5 Å². The Kier molecular flexibility index (Phi) is 6.21. The molecule has 1 amide bonds. The van der Waals surface area contributed by atoms with E-state index in [9.17, 15) is 4.79 Å². The number of carbonyl (C=O) groups excluding carboxylic acids is 1. The van der Waals surface area contributed by atoms with Crippen molar-refractivity contribution in [2.45, 2.75) is 63.4 Å². The van der Waals surface area contributed by atoms with Gasteiger partial charge < -0.3 is 9.64 Å². The number of aryl methyl sites for hydroxylation is 1. The SMILES string of the molecule is O=C(CCc1cccc(OC2CCCC2)c1)N1CCC(c2nc3ccccc3s2)CC1. The Morgan fingerprint density at radius 3 is 2.65 bits per heavy atom. The molecule has 2 fully saturated rings. The monoisotopic (exact) mass is 434 g/mol. The van der Waals surface area contributed by atoms with Gasteiger partial charge in [-0.1, -0.05) is 24.3 Å². The summed E-state index contributed by atoms with van der Waals surface area (Å²) in [5.74, 6) is 1.70. The van der Waals surface area contributed by atoms with Gasteiger partial charge in [-0.3, -0.25) is 4.79 Å². The summed E-state index contributed by atoms with van der Waals surface area (Å²) in [6.45, 7) is 1.68. The number of ether oxygens (including phenoxy) is 1. The summed E-state index contributed by atoms with van der Waals surface area (Å²) in [5, 5.41) is 1.23. The summed E-state index contributed by atoms with van der Waals surface area (Å²) in [6, 6.07) is 16.7. The van der Waals surface area contributed by atoms with Crippen LogP contribution in [0, 0.1) is 0 Å². The number of likely N-dealkylation sites (tertiary alicyclic amines) is 1. The van der Waals surface area contributed by atoms with E-state index in [1.165, 1.54) is 28.1 Å². The van der Waals surface area contributed by atoms with Crippen LogP contribution in [0.5, 0.6) is 5.75 Å². The molecule has 4 nitrogen and oxygen atoms in total. The summed E-state index contributed by atoms with van der Waals surface area (Å²) >= 11 is 1.81. The molecule has 1 aliphatic carbocycles. The van der Waals surface area contributed by atoms with Gasteiger partial charge in [0, 0.05) is 25.4 Å². The van der Waals surface area contributed by atoms with Crippen molar-refractivity contribution in [1.29, 1.82) is 0 Å². The second-order valence-electron chi connectivity index (χ2n) is 8.85. The second-order valence-corrected chi connectivity index (χ2v) is 9.91. The van der Waals surface area contributed by atoms with Gasteiger partial charge in [0.15, 0.2) is 0 Å². The van der Waals surface area contributed by atoms with Crippen molar-refractivity contribution in [2.75, 3.05) is 13.1 Å². The van der Waals surface area contributed by atoms with Crippen molar-refractivity contribution in [3.63, 3.8) is 0 Å². The zero-order valence-corrected chi connectivity index (χ0v) is 18.8. The Morgan fingerprint density at radius 1 is 1.03 bits per heavy atom. The van der Waals surface area contributed by atoms with Gasteiger partial charge in [-0.15, -0.1) is 11.3 Å². The molecule has 1 aliphatic heterocycles. The minimum Gasteiger partial charge on any atom is -0.490 e. The highest BCUT2D eigenvalue weighted by Gasteiger charge is 2.25. The normalized spacial score (nSPS) is 18.0. The largest absolute Gasteiger partial charge is 0.490 e. The maximum absolute atomic E-state index is 12.8. The Balaban J connectivity index is 1.11. The van der Waals surface area contributed by atoms with Gasteiger partial charge in [0.25, 0.3) is 0 Å². The van der Waals surface area contributed by atoms with Gasteiger partial charge in [0.2, 0.25) is 5.91 Å². The number of para-hydroxylation sites is 1. The average Bonchev–Trinajstić information content (AvgIpc) is 3.47. The first-order valence-corrected chi connectivity index (χ1v) is 12.4. The molecule has 0 unspecified atom stereocenters. The van der Waals surface area contributed by atoms with Crippen molar-refractivity contribution in [3.8, 4) is 5.75 Å². The van der Waals surface area contributed by atoms with E-state index in [-0.39, 0.29) is 5.91 Å². The molecule has 3 aromatic rings. The number of amides is 1. The molecule has 0 radical (unpaired) electrons. The van der Waals surface area contributed by atoms with Crippen LogP contribution in [-0.2, 0) is 11.2 Å². The summed E-state index contributed by atoms with van der Waals surface area (Å²) in [6.07, 6.45) is 8.60. The number of piperidine rings is 1. The fourth-order valence-corrected chi connectivity index (χ4v) is 5.96. The fraction of sp³-hybridized carbons (Fsp3) is 0.462. The molecule has 162 valence electrons. The maximum atomic E-state index is 12.8. The number of carbonyl (C=O) groups is 1. The van der Waals surface area contributed by atoms with Crippen LogP contribution in [0.2, 0.25) is 0 Å². The summed E-state index contributed by atoms with van der Waals surface area (Å²) in [5.41, 5.74) is 2.29. The third-order valence-electron chi connectivity index (χ3n) is 6.64. The maximum Gasteiger partial charge on any atom is 0.222 e. The number of thiazole rings is 1. The van der Waals surface area contributed by atoms with Crippen LogP contribution in [0.4, 0.5) is 0 Å². The minimum absolute atomic E-state index is 0.268. The molecule has 1 saturated carbocycles. The average molecular weight is 435 g/mol. The molecule has 2 heterocycles. The molecule has 0 atom stereocenters. The molecular weight excluding hydrogens is 404 g/mol. The van der Waals surface area contributed by atoms with Crippen LogP contribution in [0.25, 0.3) is 10.2 Å². The molecule has 1 saturated heterocycles. The van der Waals surface area contributed by atoms with E-state index in [1.807, 2.05) is 23.1 Å². The summed E-state index contributed by atoms with van der Waals surface area (Å²) in [7, 11) is 0. The third-order valence-corrected chi connectivity index (χ3v) is 7.84. The van der Waals surface area contributed by atoms with E-state index in [1.54, 1.807) is 11.3 Å². The van der Waals surface area contributed by atoms with Crippen LogP contribution in [0.15, 0.2) is 48.5 Å². The first-order valence-electron chi connectivity index (χ1n) is 11.6. The molecule has 0 bridgehead atoms. The lowest BCUT2D eigenvalue weighted by Crippen LogP contribution is -2.38. The third kappa shape index (κ3) is 4.93. The first-order chi connectivity index (χ1) is 15.2. The second kappa shape index (κ2) is 9.39. The quantitative estimate of drug-likeness (QED) is 0.481. The van der Waals surface area contributed by atoms with Gasteiger partial charge in [-0.2, -0.15) is 0 Å². The minimum atomic E-state index is 0.268. The topological polar surface area (TPSA) is 42.4 Å². The Hall–Kier alpha value is -2.40. The van der Waals surface area contributed by atoms with Crippen molar-refractivity contribution in [2.24, 2.45) is 0 Å². The van der Waals surface area contributed by atoms with Crippen LogP contribution in [-0.4, -0.2) is 35.0 Å². The zero-order valence-electron chi connectivity index (χ0n) is 18.0. The van der Waals surface area contributed by atoms with Crippen molar-refractivity contribution in [3.05, 3.63) is 59.1 Å². The van der Waals surface area contributed by atoms with E-state index in [2.05, 4.69) is 30.3 Å². The van der Waals surface area contributed by atoms with Gasteiger partial charge >= 0.3 is 0 Å². The Bertz CT molecular complexity index is 1000. The zero-order chi connectivity index (χ0) is 21.0. The van der Waals surface area contributed by atoms with Gasteiger partial charge in [-0.05, 0) is 74.8 Å². The first kappa shape index (κ1) is 20.5. The fourth-order valence-electron chi connectivity index (χ4n) is 4.82. The highest BCUT2D eigenvalue weighted by Crippen LogP contribution is 2.34. The lowest BCUT2D eigenvalue weighted by atomic mass is 9.97. The predicted octanol–water partition coefficient (Wildman–Crippen LogP) is 5.96. The van der Waals surface area contributed by atoms with Crippen molar-refractivity contribution in [1.82, 2.24) is 9.88 Å². The standard InChI is InChI=1S/C26H30N2O2S/c29-25(13-12-19-6-5-9-22(18-19)30-21-7-1-2-8-21)28-16-14-20(15-17-28)26-27-23-10-3-4-11-24(23)31-26/h3-6,9-11,18,20-21H,1-2,7-8,12-17H2. The smallest absolute Gasteiger partial charge is 0.222 e. The molecule has 2 aromatic carbocycles. The van der Waals surface area contributed by atoms with Crippen LogP contribution >= 0.6 is 11.3 Å². The van der Waals surface area contributed by atoms with Gasteiger partial charge in [-0.25, -0.2) is 4.98 Å². The van der Waals surface area contributed by atoms with E-state index in [0.29, 0.717) is 18.4 Å². The molecule has 5 heteroatoms. The summed E-state index contributed by atoms with van der Waals surface area (Å²) < 4.78 is 7.37. The number of hydrogen-bond donors (Lipinski definition) is 0. The number of fused-ring (bicyclic) bond motifs is 1. The number of aromatic nitrogens is 1. The number of nitrogens with zero attached hydrogens (tertiary/aromatic N) is 2. The predicted molar refractivity (Wildman–Crippen MR) is 126 cm³/mol. The Labute approximate surface area is 188 Å². The Morgan fingerprint density at radius 2 is 1.84 bits per heavy atom. The van der Waals surface area contributed by atoms with Gasteiger partial charge in [0.1, 0.15) is 5.75 Å². The highest BCUT2D eigenvalue weighted by molar-refractivity contribution is 7.18. The van der Waals surface area contributed by atoms with Gasteiger partial charge in [0.05, 0.1) is 21.3 Å². The molecule has 31 heavy (non-hydrogen) atoms. The lowest BCUT2D eigenvalue weighted by Gasteiger charge is -2.31. The molecule has 0 N–H and O–H groups in total. The van der Waals surface area contributed by atoms with E-state index in [4.69, 9.17) is 9.72 Å². The van der Waals surface area contributed by atoms with Crippen LogP contribution in [0.1, 0.15) is 61.4 Å².